The van der Waals surface area contributed by atoms with E-state index in [1.807, 2.05) is 0 Å². The van der Waals surface area contributed by atoms with Crippen LogP contribution in [0.25, 0.3) is 21.5 Å². The Morgan fingerprint density at radius 1 is 0.905 bits per heavy atom. The Labute approximate surface area is 125 Å². The molecule has 21 heavy (non-hydrogen) atoms. The molecule has 0 aliphatic heterocycles. The number of hydrogen-bond acceptors (Lipinski definition) is 1. The van der Waals surface area contributed by atoms with Crippen molar-refractivity contribution in [1.29, 1.82) is 0 Å². The lowest BCUT2D eigenvalue weighted by molar-refractivity contribution is 0.158. The minimum absolute atomic E-state index is 0.309. The van der Waals surface area contributed by atoms with Gasteiger partial charge in [-0.1, -0.05) is 36.4 Å². The molecule has 0 saturated carbocycles. The molecule has 1 atom stereocenters. The number of hydrogen-bond donors (Lipinski definition) is 1. The largest absolute Gasteiger partial charge is 0.388 e. The van der Waals surface area contributed by atoms with Crippen molar-refractivity contribution >= 4 is 21.5 Å². The summed E-state index contributed by atoms with van der Waals surface area (Å²) in [6.45, 7) is 4.40. The Kier molecular flexibility index (Phi) is 2.80. The van der Waals surface area contributed by atoms with Gasteiger partial charge in [-0.15, -0.1) is 0 Å². The lowest BCUT2D eigenvalue weighted by Gasteiger charge is -2.25. The van der Waals surface area contributed by atoms with Gasteiger partial charge in [0, 0.05) is 0 Å². The molecule has 0 amide bonds. The summed E-state index contributed by atoms with van der Waals surface area (Å²) >= 11 is 0. The molecule has 0 bridgehead atoms. The molecule has 0 saturated heterocycles. The van der Waals surface area contributed by atoms with Gasteiger partial charge in [0.2, 0.25) is 0 Å². The highest BCUT2D eigenvalue weighted by Crippen LogP contribution is 2.40. The molecule has 3 aromatic rings. The van der Waals surface area contributed by atoms with Crippen LogP contribution in [-0.2, 0) is 6.42 Å². The predicted octanol–water partition coefficient (Wildman–Crippen LogP) is 4.98. The minimum atomic E-state index is -0.309. The van der Waals surface area contributed by atoms with E-state index < -0.39 is 0 Å². The van der Waals surface area contributed by atoms with Gasteiger partial charge in [-0.3, -0.25) is 0 Å². The average molecular weight is 276 g/mol. The fourth-order valence-electron chi connectivity index (χ4n) is 4.02. The lowest BCUT2D eigenvalue weighted by atomic mass is 9.82. The maximum absolute atomic E-state index is 10.5. The SMILES string of the molecule is Cc1c2ccccc2c(C)c2c3c(ccc12)CCCC3O. The van der Waals surface area contributed by atoms with Crippen LogP contribution >= 0.6 is 0 Å². The normalized spacial score (nSPS) is 18.1. The highest BCUT2D eigenvalue weighted by molar-refractivity contribution is 6.07. The maximum atomic E-state index is 10.5. The van der Waals surface area contributed by atoms with Crippen molar-refractivity contribution in [2.24, 2.45) is 0 Å². The zero-order valence-electron chi connectivity index (χ0n) is 12.6. The maximum Gasteiger partial charge on any atom is 0.0798 e. The van der Waals surface area contributed by atoms with Crippen molar-refractivity contribution in [1.82, 2.24) is 0 Å². The molecule has 0 radical (unpaired) electrons. The first-order valence-corrected chi connectivity index (χ1v) is 7.80. The second-order valence-corrected chi connectivity index (χ2v) is 6.26. The molecule has 0 fully saturated rings. The summed E-state index contributed by atoms with van der Waals surface area (Å²) in [5, 5.41) is 15.8. The summed E-state index contributed by atoms with van der Waals surface area (Å²) in [4.78, 5) is 0. The summed E-state index contributed by atoms with van der Waals surface area (Å²) in [5.41, 5.74) is 5.15. The molecule has 0 aromatic heterocycles. The summed E-state index contributed by atoms with van der Waals surface area (Å²) in [6, 6.07) is 13.1. The van der Waals surface area contributed by atoms with E-state index in [0.717, 1.165) is 19.3 Å². The molecular weight excluding hydrogens is 256 g/mol. The standard InChI is InChI=1S/C20H20O/c1-12-15-7-3-4-8-16(15)13(2)19-17(12)11-10-14-6-5-9-18(21)20(14)19/h3-4,7-8,10-11,18,21H,5-6,9H2,1-2H3. The molecule has 1 aliphatic carbocycles. The lowest BCUT2D eigenvalue weighted by Crippen LogP contribution is -2.10. The predicted molar refractivity (Wildman–Crippen MR) is 88.8 cm³/mol. The van der Waals surface area contributed by atoms with Crippen molar-refractivity contribution in [3.63, 3.8) is 0 Å². The molecule has 1 aliphatic rings. The van der Waals surface area contributed by atoms with Crippen LogP contribution in [0.15, 0.2) is 36.4 Å². The van der Waals surface area contributed by atoms with Gasteiger partial charge in [0.1, 0.15) is 0 Å². The van der Waals surface area contributed by atoms with Gasteiger partial charge in [0.25, 0.3) is 0 Å². The van der Waals surface area contributed by atoms with Gasteiger partial charge in [0.15, 0.2) is 0 Å². The third kappa shape index (κ3) is 1.74. The smallest absolute Gasteiger partial charge is 0.0798 e. The Balaban J connectivity index is 2.25. The monoisotopic (exact) mass is 276 g/mol. The van der Waals surface area contributed by atoms with Crippen molar-refractivity contribution in [3.8, 4) is 0 Å². The number of aliphatic hydroxyl groups is 1. The molecule has 0 spiro atoms. The molecule has 1 nitrogen and oxygen atoms in total. The van der Waals surface area contributed by atoms with Gasteiger partial charge >= 0.3 is 0 Å². The van der Waals surface area contributed by atoms with Gasteiger partial charge in [0.05, 0.1) is 6.10 Å². The highest BCUT2D eigenvalue weighted by Gasteiger charge is 2.22. The second kappa shape index (κ2) is 4.57. The Hall–Kier alpha value is -1.86. The molecule has 0 heterocycles. The molecule has 1 N–H and O–H groups in total. The molecular formula is C20H20O. The van der Waals surface area contributed by atoms with E-state index in [1.165, 1.54) is 43.8 Å². The summed E-state index contributed by atoms with van der Waals surface area (Å²) in [7, 11) is 0. The Bertz CT molecular complexity index is 861. The number of fused-ring (bicyclic) bond motifs is 4. The Morgan fingerprint density at radius 3 is 2.38 bits per heavy atom. The van der Waals surface area contributed by atoms with Crippen molar-refractivity contribution in [3.05, 3.63) is 58.7 Å². The van der Waals surface area contributed by atoms with Crippen LogP contribution in [0.3, 0.4) is 0 Å². The van der Waals surface area contributed by atoms with E-state index in [9.17, 15) is 5.11 Å². The van der Waals surface area contributed by atoms with E-state index in [2.05, 4.69) is 50.2 Å². The molecule has 4 rings (SSSR count). The van der Waals surface area contributed by atoms with Gasteiger partial charge < -0.3 is 5.11 Å². The first-order valence-electron chi connectivity index (χ1n) is 7.80. The van der Waals surface area contributed by atoms with Crippen molar-refractivity contribution in [2.45, 2.75) is 39.2 Å². The van der Waals surface area contributed by atoms with E-state index >= 15 is 0 Å². The fraction of sp³-hybridized carbons (Fsp3) is 0.300. The number of aryl methyl sites for hydroxylation is 3. The average Bonchev–Trinajstić information content (AvgIpc) is 2.52. The van der Waals surface area contributed by atoms with Crippen molar-refractivity contribution in [2.75, 3.05) is 0 Å². The molecule has 1 unspecified atom stereocenters. The topological polar surface area (TPSA) is 20.2 Å². The summed E-state index contributed by atoms with van der Waals surface area (Å²) < 4.78 is 0. The Morgan fingerprint density at radius 2 is 1.62 bits per heavy atom. The van der Waals surface area contributed by atoms with Crippen LogP contribution in [0.1, 0.15) is 41.2 Å². The van der Waals surface area contributed by atoms with Crippen LogP contribution in [0.5, 0.6) is 0 Å². The molecule has 1 heteroatoms. The third-order valence-electron chi connectivity index (χ3n) is 5.11. The van der Waals surface area contributed by atoms with E-state index in [1.54, 1.807) is 0 Å². The van der Waals surface area contributed by atoms with Gasteiger partial charge in [-0.2, -0.15) is 0 Å². The zero-order valence-corrected chi connectivity index (χ0v) is 12.6. The van der Waals surface area contributed by atoms with Crippen LogP contribution in [0.2, 0.25) is 0 Å². The minimum Gasteiger partial charge on any atom is -0.388 e. The first kappa shape index (κ1) is 12.8. The molecule has 106 valence electrons. The van der Waals surface area contributed by atoms with Crippen LogP contribution in [-0.4, -0.2) is 5.11 Å². The second-order valence-electron chi connectivity index (χ2n) is 6.26. The third-order valence-corrected chi connectivity index (χ3v) is 5.11. The fourth-order valence-corrected chi connectivity index (χ4v) is 4.02. The number of rotatable bonds is 0. The number of benzene rings is 3. The van der Waals surface area contributed by atoms with Crippen LogP contribution < -0.4 is 0 Å². The van der Waals surface area contributed by atoms with Gasteiger partial charge in [-0.05, 0) is 76.9 Å². The van der Waals surface area contributed by atoms with E-state index in [0.29, 0.717) is 0 Å². The highest BCUT2D eigenvalue weighted by atomic mass is 16.3. The molecule has 3 aromatic carbocycles. The van der Waals surface area contributed by atoms with E-state index in [4.69, 9.17) is 0 Å². The quantitative estimate of drug-likeness (QED) is 0.574. The van der Waals surface area contributed by atoms with Crippen LogP contribution in [0.4, 0.5) is 0 Å². The zero-order chi connectivity index (χ0) is 14.6. The number of aliphatic hydroxyl groups excluding tert-OH is 1. The van der Waals surface area contributed by atoms with E-state index in [-0.39, 0.29) is 6.10 Å². The first-order chi connectivity index (χ1) is 10.2. The summed E-state index contributed by atoms with van der Waals surface area (Å²) in [5.74, 6) is 0. The van der Waals surface area contributed by atoms with Crippen LogP contribution in [0, 0.1) is 13.8 Å². The van der Waals surface area contributed by atoms with Crippen molar-refractivity contribution < 1.29 is 5.11 Å². The summed E-state index contributed by atoms with van der Waals surface area (Å²) in [6.07, 6.45) is 2.76. The van der Waals surface area contributed by atoms with Gasteiger partial charge in [-0.25, -0.2) is 0 Å².